The molecule has 2 aromatic carbocycles. The van der Waals surface area contributed by atoms with Crippen LogP contribution in [0, 0.1) is 6.92 Å². The summed E-state index contributed by atoms with van der Waals surface area (Å²) in [5.41, 5.74) is 2.88. The van der Waals surface area contributed by atoms with E-state index in [2.05, 4.69) is 33.9 Å². The van der Waals surface area contributed by atoms with E-state index in [0.717, 1.165) is 5.56 Å². The van der Waals surface area contributed by atoms with Crippen LogP contribution in [0.4, 0.5) is 5.95 Å². The number of rotatable bonds is 5. The Hall–Kier alpha value is -3.41. The molecule has 0 radical (unpaired) electrons. The highest BCUT2D eigenvalue weighted by Gasteiger charge is 2.25. The van der Waals surface area contributed by atoms with Crippen LogP contribution in [0.1, 0.15) is 21.5 Å². The Morgan fingerprint density at radius 2 is 1.72 bits per heavy atom. The van der Waals surface area contributed by atoms with Crippen molar-refractivity contribution in [1.82, 2.24) is 14.9 Å². The van der Waals surface area contributed by atoms with Crippen molar-refractivity contribution in [3.8, 4) is 5.75 Å². The van der Waals surface area contributed by atoms with Crippen molar-refractivity contribution in [2.24, 2.45) is 0 Å². The van der Waals surface area contributed by atoms with Gasteiger partial charge in [0.2, 0.25) is 5.95 Å². The first-order chi connectivity index (χ1) is 14.2. The smallest absolute Gasteiger partial charge is 0.257 e. The quantitative estimate of drug-likeness (QED) is 0.671. The Kier molecular flexibility index (Phi) is 5.70. The normalized spacial score (nSPS) is 14.0. The predicted octanol–water partition coefficient (Wildman–Crippen LogP) is 3.33. The summed E-state index contributed by atoms with van der Waals surface area (Å²) in [6.45, 7) is 5.17. The van der Waals surface area contributed by atoms with Gasteiger partial charge in [0, 0.05) is 38.6 Å². The molecular weight excluding hydrogens is 364 g/mol. The molecule has 0 aliphatic carbocycles. The molecule has 0 bridgehead atoms. The van der Waals surface area contributed by atoms with Crippen LogP contribution in [0.3, 0.4) is 0 Å². The molecule has 6 nitrogen and oxygen atoms in total. The van der Waals surface area contributed by atoms with Gasteiger partial charge in [-0.15, -0.1) is 0 Å². The molecule has 0 saturated carbocycles. The topological polar surface area (TPSA) is 58.6 Å². The van der Waals surface area contributed by atoms with Gasteiger partial charge in [-0.1, -0.05) is 42.0 Å². The fraction of sp³-hybridized carbons (Fsp3) is 0.261. The molecular formula is C23H24N4O2. The van der Waals surface area contributed by atoms with Gasteiger partial charge in [-0.2, -0.15) is 0 Å². The third kappa shape index (κ3) is 4.54. The zero-order chi connectivity index (χ0) is 20.1. The van der Waals surface area contributed by atoms with E-state index in [1.54, 1.807) is 18.5 Å². The van der Waals surface area contributed by atoms with Gasteiger partial charge in [0.05, 0.1) is 5.56 Å². The number of anilines is 1. The van der Waals surface area contributed by atoms with E-state index in [0.29, 0.717) is 50.0 Å². The summed E-state index contributed by atoms with van der Waals surface area (Å²) >= 11 is 0. The van der Waals surface area contributed by atoms with Crippen LogP contribution < -0.4 is 9.64 Å². The molecule has 1 aromatic heterocycles. The lowest BCUT2D eigenvalue weighted by Crippen LogP contribution is -2.49. The fourth-order valence-corrected chi connectivity index (χ4v) is 3.47. The molecule has 4 rings (SSSR count). The van der Waals surface area contributed by atoms with Gasteiger partial charge < -0.3 is 14.5 Å². The fourth-order valence-electron chi connectivity index (χ4n) is 3.47. The van der Waals surface area contributed by atoms with Crippen LogP contribution in [-0.4, -0.2) is 47.0 Å². The van der Waals surface area contributed by atoms with E-state index in [1.807, 2.05) is 41.3 Å². The highest BCUT2D eigenvalue weighted by atomic mass is 16.5. The van der Waals surface area contributed by atoms with Crippen molar-refractivity contribution in [2.45, 2.75) is 13.5 Å². The van der Waals surface area contributed by atoms with Gasteiger partial charge in [-0.25, -0.2) is 9.97 Å². The SMILES string of the molecule is Cc1cccc(COc2ccccc2C(=O)N2CCN(c3ncccn3)CC2)c1. The summed E-state index contributed by atoms with van der Waals surface area (Å²) in [5, 5.41) is 0. The zero-order valence-corrected chi connectivity index (χ0v) is 16.5. The van der Waals surface area contributed by atoms with Gasteiger partial charge in [-0.05, 0) is 30.7 Å². The van der Waals surface area contributed by atoms with E-state index in [4.69, 9.17) is 4.74 Å². The highest BCUT2D eigenvalue weighted by molar-refractivity contribution is 5.97. The first-order valence-electron chi connectivity index (χ1n) is 9.79. The predicted molar refractivity (Wildman–Crippen MR) is 112 cm³/mol. The molecule has 148 valence electrons. The van der Waals surface area contributed by atoms with Gasteiger partial charge in [0.15, 0.2) is 0 Å². The molecule has 1 aliphatic heterocycles. The zero-order valence-electron chi connectivity index (χ0n) is 16.5. The molecule has 1 amide bonds. The Labute approximate surface area is 170 Å². The van der Waals surface area contributed by atoms with Gasteiger partial charge in [0.25, 0.3) is 5.91 Å². The molecule has 1 fully saturated rings. The Morgan fingerprint density at radius 3 is 2.48 bits per heavy atom. The maximum atomic E-state index is 13.1. The molecule has 0 N–H and O–H groups in total. The number of benzene rings is 2. The summed E-state index contributed by atoms with van der Waals surface area (Å²) in [6, 6.07) is 17.5. The molecule has 29 heavy (non-hydrogen) atoms. The molecule has 0 atom stereocenters. The number of hydrogen-bond acceptors (Lipinski definition) is 5. The minimum absolute atomic E-state index is 0.00141. The minimum atomic E-state index is -0.00141. The number of piperazine rings is 1. The number of carbonyl (C=O) groups excluding carboxylic acids is 1. The summed E-state index contributed by atoms with van der Waals surface area (Å²) < 4.78 is 6.00. The summed E-state index contributed by atoms with van der Waals surface area (Å²) in [7, 11) is 0. The van der Waals surface area contributed by atoms with E-state index < -0.39 is 0 Å². The number of aryl methyl sites for hydroxylation is 1. The molecule has 1 aliphatic rings. The van der Waals surface area contributed by atoms with Crippen molar-refractivity contribution in [3.05, 3.63) is 83.7 Å². The van der Waals surface area contributed by atoms with Crippen molar-refractivity contribution >= 4 is 11.9 Å². The number of nitrogens with zero attached hydrogens (tertiary/aromatic N) is 4. The number of aromatic nitrogens is 2. The van der Waals surface area contributed by atoms with Gasteiger partial charge in [0.1, 0.15) is 12.4 Å². The lowest BCUT2D eigenvalue weighted by atomic mass is 10.1. The van der Waals surface area contributed by atoms with Crippen LogP contribution in [-0.2, 0) is 6.61 Å². The van der Waals surface area contributed by atoms with Crippen LogP contribution >= 0.6 is 0 Å². The summed E-state index contributed by atoms with van der Waals surface area (Å²) in [4.78, 5) is 25.7. The van der Waals surface area contributed by atoms with Crippen LogP contribution in [0.25, 0.3) is 0 Å². The lowest BCUT2D eigenvalue weighted by molar-refractivity contribution is 0.0741. The number of carbonyl (C=O) groups is 1. The maximum Gasteiger partial charge on any atom is 0.257 e. The van der Waals surface area contributed by atoms with E-state index in [9.17, 15) is 4.79 Å². The Morgan fingerprint density at radius 1 is 0.966 bits per heavy atom. The molecule has 2 heterocycles. The average molecular weight is 388 g/mol. The first kappa shape index (κ1) is 18.9. The number of ether oxygens (including phenoxy) is 1. The monoisotopic (exact) mass is 388 g/mol. The average Bonchev–Trinajstić information content (AvgIpc) is 2.78. The number of amides is 1. The minimum Gasteiger partial charge on any atom is -0.488 e. The van der Waals surface area contributed by atoms with Crippen LogP contribution in [0.5, 0.6) is 5.75 Å². The van der Waals surface area contributed by atoms with Crippen molar-refractivity contribution < 1.29 is 9.53 Å². The third-order valence-corrected chi connectivity index (χ3v) is 5.00. The Bertz CT molecular complexity index is 969. The second-order valence-electron chi connectivity index (χ2n) is 7.10. The molecule has 0 spiro atoms. The van der Waals surface area contributed by atoms with E-state index >= 15 is 0 Å². The molecule has 1 saturated heterocycles. The number of para-hydroxylation sites is 1. The summed E-state index contributed by atoms with van der Waals surface area (Å²) in [5.74, 6) is 1.33. The highest BCUT2D eigenvalue weighted by Crippen LogP contribution is 2.22. The van der Waals surface area contributed by atoms with Crippen LogP contribution in [0.2, 0.25) is 0 Å². The van der Waals surface area contributed by atoms with Crippen LogP contribution in [0.15, 0.2) is 67.0 Å². The standard InChI is InChI=1S/C23H24N4O2/c1-18-6-4-7-19(16-18)17-29-21-9-3-2-8-20(21)22(28)26-12-14-27(15-13-26)23-24-10-5-11-25-23/h2-11,16H,12-15,17H2,1H3. The lowest BCUT2D eigenvalue weighted by Gasteiger charge is -2.34. The molecule has 6 heteroatoms. The largest absolute Gasteiger partial charge is 0.488 e. The van der Waals surface area contributed by atoms with Crippen molar-refractivity contribution in [2.75, 3.05) is 31.1 Å². The van der Waals surface area contributed by atoms with Gasteiger partial charge in [-0.3, -0.25) is 4.79 Å². The van der Waals surface area contributed by atoms with Crippen molar-refractivity contribution in [3.63, 3.8) is 0 Å². The molecule has 0 unspecified atom stereocenters. The van der Waals surface area contributed by atoms with Gasteiger partial charge >= 0.3 is 0 Å². The van der Waals surface area contributed by atoms with E-state index in [1.165, 1.54) is 5.56 Å². The number of hydrogen-bond donors (Lipinski definition) is 0. The second-order valence-corrected chi connectivity index (χ2v) is 7.10. The molecule has 3 aromatic rings. The maximum absolute atomic E-state index is 13.1. The summed E-state index contributed by atoms with van der Waals surface area (Å²) in [6.07, 6.45) is 3.48. The second kappa shape index (κ2) is 8.73. The third-order valence-electron chi connectivity index (χ3n) is 5.00. The Balaban J connectivity index is 1.41. The van der Waals surface area contributed by atoms with E-state index in [-0.39, 0.29) is 5.91 Å². The first-order valence-corrected chi connectivity index (χ1v) is 9.79. The van der Waals surface area contributed by atoms with Crippen molar-refractivity contribution in [1.29, 1.82) is 0 Å².